The maximum Gasteiger partial charge on any atom is 0.193 e. The number of hydrogen-bond acceptors (Lipinski definition) is 1. The normalized spacial score (nSPS) is 27.3. The third-order valence-electron chi connectivity index (χ3n) is 18.4. The molecule has 4 unspecified atom stereocenters. The maximum atomic E-state index is 11.1. The first-order chi connectivity index (χ1) is 30.8. The number of rotatable bonds is 2. The van der Waals surface area contributed by atoms with E-state index in [9.17, 15) is 5.26 Å². The van der Waals surface area contributed by atoms with Crippen LogP contribution < -0.4 is 0 Å². The van der Waals surface area contributed by atoms with Crippen LogP contribution in [-0.4, -0.2) is 8.80 Å². The smallest absolute Gasteiger partial charge is 0.193 e. The van der Waals surface area contributed by atoms with Crippen LogP contribution in [0.3, 0.4) is 0 Å². The van der Waals surface area contributed by atoms with Gasteiger partial charge >= 0.3 is 0 Å². The van der Waals surface area contributed by atoms with Gasteiger partial charge in [-0.2, -0.15) is 5.26 Å². The second-order valence-corrected chi connectivity index (χ2v) is 25.2. The standard InChI is InChI=1S/C60H58N4/c1-59(2,3)26-33-18-42-40-24-48-41(23-47(40)63-49-22-39(28-61)51-35-10-29-8-30(11-35)15-37(14-29)53(51)55(49)44(20-33)57(42)63)43-19-34(27-60(4,5)6)21-45-56-50(64(48)58(43)45)25-46(62-7)52-36-12-31-9-32(13-36)17-38(16-31)54(52)56/h18-25,29-32,35-38H,8-17,26-27H2,1-6H3. The molecule has 0 N–H and O–H groups in total. The molecule has 8 bridgehead atoms. The zero-order chi connectivity index (χ0) is 43.0. The van der Waals surface area contributed by atoms with Crippen molar-refractivity contribution in [1.29, 1.82) is 5.26 Å². The third-order valence-corrected chi connectivity index (χ3v) is 18.4. The monoisotopic (exact) mass is 834 g/mol. The molecule has 64 heavy (non-hydrogen) atoms. The molecule has 4 atom stereocenters. The van der Waals surface area contributed by atoms with Crippen molar-refractivity contribution in [2.75, 3.05) is 0 Å². The average molecular weight is 835 g/mol. The minimum atomic E-state index is 0.139. The molecule has 9 aromatic rings. The second-order valence-electron chi connectivity index (χ2n) is 25.2. The molecule has 4 heterocycles. The highest BCUT2D eigenvalue weighted by molar-refractivity contribution is 6.30. The number of aromatic nitrogens is 2. The summed E-state index contributed by atoms with van der Waals surface area (Å²) in [4.78, 5) is 4.42. The Morgan fingerprint density at radius 3 is 1.34 bits per heavy atom. The summed E-state index contributed by atoms with van der Waals surface area (Å²) in [6.07, 6.45) is 15.0. The van der Waals surface area contributed by atoms with E-state index in [0.717, 1.165) is 47.8 Å². The molecule has 4 aromatic heterocycles. The minimum Gasteiger partial charge on any atom is -0.309 e. The number of hydrogen-bond donors (Lipinski definition) is 0. The molecule has 318 valence electrons. The van der Waals surface area contributed by atoms with Crippen molar-refractivity contribution in [3.8, 4) is 6.07 Å². The van der Waals surface area contributed by atoms with Crippen molar-refractivity contribution in [2.24, 2.45) is 34.5 Å². The van der Waals surface area contributed by atoms with Gasteiger partial charge in [0.25, 0.3) is 0 Å². The largest absolute Gasteiger partial charge is 0.309 e. The summed E-state index contributed by atoms with van der Waals surface area (Å²) in [5, 5.41) is 22.1. The number of nitrogens with zero attached hydrogens (tertiary/aromatic N) is 4. The quantitative estimate of drug-likeness (QED) is 0.160. The van der Waals surface area contributed by atoms with Crippen LogP contribution in [0.2, 0.25) is 0 Å². The van der Waals surface area contributed by atoms with Gasteiger partial charge in [0.2, 0.25) is 0 Å². The van der Waals surface area contributed by atoms with E-state index in [-0.39, 0.29) is 10.8 Å². The van der Waals surface area contributed by atoms with E-state index >= 15 is 0 Å². The Morgan fingerprint density at radius 1 is 0.500 bits per heavy atom. The van der Waals surface area contributed by atoms with Crippen LogP contribution in [0.4, 0.5) is 5.69 Å². The second kappa shape index (κ2) is 11.9. The Morgan fingerprint density at radius 2 is 0.906 bits per heavy atom. The topological polar surface area (TPSA) is 37.0 Å². The Balaban J connectivity index is 1.11. The zero-order valence-electron chi connectivity index (χ0n) is 38.5. The van der Waals surface area contributed by atoms with E-state index in [4.69, 9.17) is 6.57 Å². The number of fused-ring (bicyclic) bond motifs is 12. The lowest BCUT2D eigenvalue weighted by Crippen LogP contribution is -2.25. The van der Waals surface area contributed by atoms with Crippen LogP contribution in [0.5, 0.6) is 0 Å². The van der Waals surface area contributed by atoms with E-state index in [1.807, 2.05) is 0 Å². The Hall–Kier alpha value is -5.32. The highest BCUT2D eigenvalue weighted by Gasteiger charge is 2.46. The fraction of sp³-hybridized carbons (Fsp3) is 0.467. The van der Waals surface area contributed by atoms with Gasteiger partial charge < -0.3 is 8.80 Å². The van der Waals surface area contributed by atoms with E-state index < -0.39 is 0 Å². The molecule has 0 aliphatic heterocycles. The Kier molecular flexibility index (Phi) is 6.88. The first kappa shape index (κ1) is 37.0. The van der Waals surface area contributed by atoms with Gasteiger partial charge in [-0.3, -0.25) is 0 Å². The van der Waals surface area contributed by atoms with Gasteiger partial charge in [0.1, 0.15) is 0 Å². The molecule has 5 aromatic carbocycles. The third kappa shape index (κ3) is 4.73. The van der Waals surface area contributed by atoms with Gasteiger partial charge in [0.15, 0.2) is 5.69 Å². The van der Waals surface area contributed by atoms with Gasteiger partial charge in [-0.15, -0.1) is 0 Å². The molecule has 8 aliphatic rings. The minimum absolute atomic E-state index is 0.139. The van der Waals surface area contributed by atoms with Crippen molar-refractivity contribution in [3.05, 3.63) is 98.9 Å². The van der Waals surface area contributed by atoms with Crippen LogP contribution in [0, 0.1) is 52.4 Å². The molecule has 0 amide bonds. The van der Waals surface area contributed by atoms with E-state index in [0.29, 0.717) is 23.7 Å². The molecule has 0 radical (unpaired) electrons. The van der Waals surface area contributed by atoms with Crippen molar-refractivity contribution >= 4 is 81.9 Å². The van der Waals surface area contributed by atoms with Crippen LogP contribution in [0.15, 0.2) is 48.5 Å². The molecule has 4 fully saturated rings. The predicted octanol–water partition coefficient (Wildman–Crippen LogP) is 16.4. The lowest BCUT2D eigenvalue weighted by atomic mass is 9.67. The van der Waals surface area contributed by atoms with Crippen molar-refractivity contribution < 1.29 is 0 Å². The lowest BCUT2D eigenvalue weighted by Gasteiger charge is -2.38. The van der Waals surface area contributed by atoms with Gasteiger partial charge in [0.05, 0.1) is 45.8 Å². The van der Waals surface area contributed by atoms with E-state index in [1.54, 1.807) is 11.1 Å². The fourth-order valence-electron chi connectivity index (χ4n) is 17.1. The molecule has 0 saturated heterocycles. The van der Waals surface area contributed by atoms with Gasteiger partial charge in [0, 0.05) is 48.6 Å². The summed E-state index contributed by atoms with van der Waals surface area (Å²) in [5.74, 6) is 5.28. The first-order valence-corrected chi connectivity index (χ1v) is 25.1. The zero-order valence-corrected chi connectivity index (χ0v) is 38.5. The summed E-state index contributed by atoms with van der Waals surface area (Å²) in [5.41, 5.74) is 18.6. The average Bonchev–Trinajstić information content (AvgIpc) is 3.86. The van der Waals surface area contributed by atoms with Gasteiger partial charge in [-0.25, -0.2) is 4.85 Å². The summed E-state index contributed by atoms with van der Waals surface area (Å²) < 4.78 is 5.22. The molecule has 0 spiro atoms. The molecule has 8 aliphatic carbocycles. The molecule has 4 nitrogen and oxygen atoms in total. The highest BCUT2D eigenvalue weighted by Crippen LogP contribution is 2.62. The van der Waals surface area contributed by atoms with Crippen molar-refractivity contribution in [1.82, 2.24) is 8.80 Å². The molecular weight excluding hydrogens is 777 g/mol. The molecule has 4 heteroatoms. The van der Waals surface area contributed by atoms with Gasteiger partial charge in [-0.05, 0) is 217 Å². The Bertz CT molecular complexity index is 3400. The highest BCUT2D eigenvalue weighted by atomic mass is 14.9. The summed E-state index contributed by atoms with van der Waals surface area (Å²) >= 11 is 0. The fourth-order valence-corrected chi connectivity index (χ4v) is 17.1. The Labute approximate surface area is 376 Å². The number of benzene rings is 5. The van der Waals surface area contributed by atoms with E-state index in [1.165, 1.54) is 163 Å². The molecule has 4 saturated carbocycles. The van der Waals surface area contributed by atoms with Crippen molar-refractivity contribution in [3.63, 3.8) is 0 Å². The SMILES string of the molecule is [C-]#[N+]c1cc2c(c3c1C1CC4CC(C1)CC3C4)c1cc(CC(C)(C)C)cc3c4cc5c(cc4n2c31)c1cc(CC(C)(C)C)cc2c3c4c(c(C#N)cc3n5c12)C1CC2CC(C1)CC4C2. The van der Waals surface area contributed by atoms with Crippen LogP contribution in [-0.2, 0) is 12.8 Å². The van der Waals surface area contributed by atoms with E-state index in [2.05, 4.69) is 110 Å². The summed E-state index contributed by atoms with van der Waals surface area (Å²) in [7, 11) is 0. The molecular formula is C60H58N4. The van der Waals surface area contributed by atoms with Gasteiger partial charge in [-0.1, -0.05) is 41.5 Å². The predicted molar refractivity (Wildman–Crippen MR) is 264 cm³/mol. The van der Waals surface area contributed by atoms with Crippen LogP contribution in [0.25, 0.3) is 81.0 Å². The first-order valence-electron chi connectivity index (χ1n) is 25.1. The summed E-state index contributed by atoms with van der Waals surface area (Å²) in [6, 6.07) is 22.8. The van der Waals surface area contributed by atoms with Crippen molar-refractivity contribution in [2.45, 2.75) is 142 Å². The lowest BCUT2D eigenvalue weighted by molar-refractivity contribution is 0.166. The maximum absolute atomic E-state index is 11.1. The molecule has 17 rings (SSSR count). The van der Waals surface area contributed by atoms with Crippen LogP contribution >= 0.6 is 0 Å². The number of nitriles is 1. The van der Waals surface area contributed by atoms with Crippen LogP contribution in [0.1, 0.15) is 168 Å². The summed E-state index contributed by atoms with van der Waals surface area (Å²) in [6.45, 7) is 23.0.